The Hall–Kier alpha value is -2.41. The Morgan fingerprint density at radius 3 is 2.56 bits per heavy atom. The van der Waals surface area contributed by atoms with Crippen LogP contribution in [-0.2, 0) is 0 Å². The summed E-state index contributed by atoms with van der Waals surface area (Å²) in [4.78, 5) is 10.4. The molecule has 1 heterocycles. The number of aromatic nitrogens is 2. The summed E-state index contributed by atoms with van der Waals surface area (Å²) in [5.41, 5.74) is 2.62. The Labute approximate surface area is 107 Å². The number of rotatable bonds is 3. The first-order valence-corrected chi connectivity index (χ1v) is 5.82. The summed E-state index contributed by atoms with van der Waals surface area (Å²) in [7, 11) is 0. The summed E-state index contributed by atoms with van der Waals surface area (Å²) in [6.07, 6.45) is 1.61. The van der Waals surface area contributed by atoms with Gasteiger partial charge >= 0.3 is 0 Å². The molecule has 0 bridgehead atoms. The van der Waals surface area contributed by atoms with Gasteiger partial charge in [0.15, 0.2) is 0 Å². The second-order valence-corrected chi connectivity index (χ2v) is 3.93. The molecule has 0 N–H and O–H groups in total. The van der Waals surface area contributed by atoms with Gasteiger partial charge in [0.25, 0.3) is 0 Å². The van der Waals surface area contributed by atoms with E-state index < -0.39 is 0 Å². The standard InChI is InChI=1S/C14H14N4/c1-3-18(13-6-4-11(2)5-7-13)14-16-9-8-12(10-15)17-14/h4-9H,3H2,1-2H3. The van der Waals surface area contributed by atoms with Gasteiger partial charge in [-0.05, 0) is 32.0 Å². The lowest BCUT2D eigenvalue weighted by Gasteiger charge is -2.20. The molecule has 0 radical (unpaired) electrons. The lowest BCUT2D eigenvalue weighted by atomic mass is 10.2. The van der Waals surface area contributed by atoms with Crippen LogP contribution in [0.25, 0.3) is 0 Å². The molecule has 0 fully saturated rings. The maximum Gasteiger partial charge on any atom is 0.231 e. The molecule has 0 aliphatic rings. The van der Waals surface area contributed by atoms with Crippen LogP contribution in [0.3, 0.4) is 0 Å². The Bertz CT molecular complexity index is 569. The van der Waals surface area contributed by atoms with Crippen LogP contribution in [0.1, 0.15) is 18.2 Å². The summed E-state index contributed by atoms with van der Waals surface area (Å²) in [5, 5.41) is 8.86. The number of nitriles is 1. The van der Waals surface area contributed by atoms with E-state index in [1.807, 2.05) is 49.1 Å². The molecule has 1 aromatic carbocycles. The summed E-state index contributed by atoms with van der Waals surface area (Å²) in [5.74, 6) is 0.556. The van der Waals surface area contributed by atoms with E-state index in [0.717, 1.165) is 12.2 Å². The average molecular weight is 238 g/mol. The van der Waals surface area contributed by atoms with Crippen LogP contribution < -0.4 is 4.90 Å². The lowest BCUT2D eigenvalue weighted by Crippen LogP contribution is -2.19. The van der Waals surface area contributed by atoms with Crippen LogP contribution in [0.5, 0.6) is 0 Å². The Morgan fingerprint density at radius 1 is 1.22 bits per heavy atom. The van der Waals surface area contributed by atoms with Crippen molar-refractivity contribution in [2.45, 2.75) is 13.8 Å². The smallest absolute Gasteiger partial charge is 0.231 e. The number of anilines is 2. The van der Waals surface area contributed by atoms with E-state index >= 15 is 0 Å². The third-order valence-corrected chi connectivity index (χ3v) is 2.66. The third kappa shape index (κ3) is 2.46. The minimum atomic E-state index is 0.380. The van der Waals surface area contributed by atoms with Crippen molar-refractivity contribution < 1.29 is 0 Å². The highest BCUT2D eigenvalue weighted by Crippen LogP contribution is 2.21. The fraction of sp³-hybridized carbons (Fsp3) is 0.214. The molecule has 0 amide bonds. The van der Waals surface area contributed by atoms with Gasteiger partial charge < -0.3 is 4.90 Å². The van der Waals surface area contributed by atoms with Crippen LogP contribution >= 0.6 is 0 Å². The molecule has 2 rings (SSSR count). The highest BCUT2D eigenvalue weighted by molar-refractivity contribution is 5.57. The van der Waals surface area contributed by atoms with Crippen LogP contribution in [0.2, 0.25) is 0 Å². The number of benzene rings is 1. The van der Waals surface area contributed by atoms with Gasteiger partial charge in [-0.15, -0.1) is 0 Å². The molecule has 0 atom stereocenters. The number of aryl methyl sites for hydroxylation is 1. The zero-order valence-corrected chi connectivity index (χ0v) is 10.5. The summed E-state index contributed by atoms with van der Waals surface area (Å²) in [6.45, 7) is 4.83. The van der Waals surface area contributed by atoms with Gasteiger partial charge in [0.1, 0.15) is 11.8 Å². The lowest BCUT2D eigenvalue weighted by molar-refractivity contribution is 0.941. The molecule has 1 aromatic heterocycles. The monoisotopic (exact) mass is 238 g/mol. The van der Waals surface area contributed by atoms with Gasteiger partial charge in [0, 0.05) is 18.4 Å². The van der Waals surface area contributed by atoms with E-state index in [2.05, 4.69) is 9.97 Å². The molecule has 18 heavy (non-hydrogen) atoms. The quantitative estimate of drug-likeness (QED) is 0.825. The SMILES string of the molecule is CCN(c1ccc(C)cc1)c1nccc(C#N)n1. The van der Waals surface area contributed by atoms with Crippen molar-refractivity contribution in [3.8, 4) is 6.07 Å². The fourth-order valence-corrected chi connectivity index (χ4v) is 1.70. The first kappa shape index (κ1) is 12.1. The van der Waals surface area contributed by atoms with E-state index in [9.17, 15) is 0 Å². The van der Waals surface area contributed by atoms with Crippen molar-refractivity contribution >= 4 is 11.6 Å². The predicted molar refractivity (Wildman–Crippen MR) is 70.6 cm³/mol. The van der Waals surface area contributed by atoms with E-state index in [0.29, 0.717) is 11.6 Å². The number of nitrogens with zero attached hydrogens (tertiary/aromatic N) is 4. The first-order chi connectivity index (χ1) is 8.74. The van der Waals surface area contributed by atoms with Crippen LogP contribution in [-0.4, -0.2) is 16.5 Å². The molecule has 0 unspecified atom stereocenters. The predicted octanol–water partition coefficient (Wildman–Crippen LogP) is 2.81. The average Bonchev–Trinajstić information content (AvgIpc) is 2.42. The van der Waals surface area contributed by atoms with Crippen LogP contribution in [0, 0.1) is 18.3 Å². The molecular formula is C14H14N4. The summed E-state index contributed by atoms with van der Waals surface area (Å²) < 4.78 is 0. The molecule has 0 aliphatic carbocycles. The molecule has 90 valence electrons. The van der Waals surface area contributed by atoms with Crippen LogP contribution in [0.15, 0.2) is 36.5 Å². The van der Waals surface area contributed by atoms with Gasteiger partial charge in [0.05, 0.1) is 0 Å². The van der Waals surface area contributed by atoms with E-state index in [1.165, 1.54) is 5.56 Å². The van der Waals surface area contributed by atoms with E-state index in [4.69, 9.17) is 5.26 Å². The number of hydrogen-bond acceptors (Lipinski definition) is 4. The van der Waals surface area contributed by atoms with E-state index in [1.54, 1.807) is 12.3 Å². The van der Waals surface area contributed by atoms with Crippen molar-refractivity contribution in [3.63, 3.8) is 0 Å². The van der Waals surface area contributed by atoms with Gasteiger partial charge in [-0.2, -0.15) is 5.26 Å². The molecule has 4 nitrogen and oxygen atoms in total. The second-order valence-electron chi connectivity index (χ2n) is 3.93. The highest BCUT2D eigenvalue weighted by atomic mass is 15.2. The summed E-state index contributed by atoms with van der Waals surface area (Å²) >= 11 is 0. The normalized spacial score (nSPS) is 9.83. The van der Waals surface area contributed by atoms with Gasteiger partial charge in [-0.3, -0.25) is 0 Å². The van der Waals surface area contributed by atoms with E-state index in [-0.39, 0.29) is 0 Å². The van der Waals surface area contributed by atoms with Crippen molar-refractivity contribution in [2.24, 2.45) is 0 Å². The van der Waals surface area contributed by atoms with Gasteiger partial charge in [0.2, 0.25) is 5.95 Å². The molecular weight excluding hydrogens is 224 g/mol. The fourth-order valence-electron chi connectivity index (χ4n) is 1.70. The van der Waals surface area contributed by atoms with Crippen LogP contribution in [0.4, 0.5) is 11.6 Å². The van der Waals surface area contributed by atoms with Crippen molar-refractivity contribution in [2.75, 3.05) is 11.4 Å². The zero-order valence-electron chi connectivity index (χ0n) is 10.5. The molecule has 0 saturated heterocycles. The molecule has 4 heteroatoms. The second kappa shape index (κ2) is 5.28. The Kier molecular flexibility index (Phi) is 3.54. The largest absolute Gasteiger partial charge is 0.311 e. The van der Waals surface area contributed by atoms with Gasteiger partial charge in [-0.1, -0.05) is 17.7 Å². The van der Waals surface area contributed by atoms with Crippen molar-refractivity contribution in [1.82, 2.24) is 9.97 Å². The van der Waals surface area contributed by atoms with Crippen molar-refractivity contribution in [1.29, 1.82) is 5.26 Å². The zero-order chi connectivity index (χ0) is 13.0. The highest BCUT2D eigenvalue weighted by Gasteiger charge is 2.10. The van der Waals surface area contributed by atoms with Gasteiger partial charge in [-0.25, -0.2) is 9.97 Å². The number of hydrogen-bond donors (Lipinski definition) is 0. The molecule has 0 aliphatic heterocycles. The summed E-state index contributed by atoms with van der Waals surface area (Å²) in [6, 6.07) is 11.8. The molecule has 0 saturated carbocycles. The maximum atomic E-state index is 8.86. The first-order valence-electron chi connectivity index (χ1n) is 5.82. The topological polar surface area (TPSA) is 52.8 Å². The Balaban J connectivity index is 2.39. The minimum Gasteiger partial charge on any atom is -0.311 e. The molecule has 0 spiro atoms. The minimum absolute atomic E-state index is 0.380. The third-order valence-electron chi connectivity index (χ3n) is 2.66. The maximum absolute atomic E-state index is 8.86. The van der Waals surface area contributed by atoms with Crippen molar-refractivity contribution in [3.05, 3.63) is 47.8 Å². The molecule has 2 aromatic rings. The Morgan fingerprint density at radius 2 is 1.94 bits per heavy atom.